The fraction of sp³-hybridized carbons (Fsp3) is 0.250. The maximum atomic E-state index is 8.56. The predicted octanol–water partition coefficient (Wildman–Crippen LogP) is 2.39. The Morgan fingerprint density at radius 3 is 2.94 bits per heavy atom. The second-order valence-electron chi connectivity index (χ2n) is 3.68. The van der Waals surface area contributed by atoms with E-state index in [9.17, 15) is 0 Å². The van der Waals surface area contributed by atoms with E-state index in [1.807, 2.05) is 12.3 Å². The van der Waals surface area contributed by atoms with Crippen LogP contribution >= 0.6 is 11.3 Å². The highest BCUT2D eigenvalue weighted by Gasteiger charge is 2.01. The molecule has 6 heteroatoms. The number of nitriles is 1. The van der Waals surface area contributed by atoms with Crippen LogP contribution in [-0.4, -0.2) is 16.5 Å². The molecule has 0 fully saturated rings. The van der Waals surface area contributed by atoms with Crippen LogP contribution in [0.4, 0.5) is 11.6 Å². The molecule has 0 aliphatic carbocycles. The Labute approximate surface area is 110 Å². The second kappa shape index (κ2) is 5.98. The van der Waals surface area contributed by atoms with Crippen molar-refractivity contribution in [2.45, 2.75) is 13.3 Å². The van der Waals surface area contributed by atoms with Gasteiger partial charge in [0.05, 0.1) is 0 Å². The molecule has 92 valence electrons. The normalized spacial score (nSPS) is 9.78. The summed E-state index contributed by atoms with van der Waals surface area (Å²) in [5.41, 5.74) is 0. The molecule has 2 heterocycles. The Balaban J connectivity index is 1.94. The summed E-state index contributed by atoms with van der Waals surface area (Å²) in [5, 5.41) is 16.4. The van der Waals surface area contributed by atoms with Crippen molar-refractivity contribution in [3.05, 3.63) is 34.3 Å². The number of hydrogen-bond donors (Lipinski definition) is 2. The van der Waals surface area contributed by atoms with Gasteiger partial charge in [0.2, 0.25) is 0 Å². The summed E-state index contributed by atoms with van der Waals surface area (Å²) in [6, 6.07) is 5.88. The third-order valence-corrected chi connectivity index (χ3v) is 3.22. The van der Waals surface area contributed by atoms with Gasteiger partial charge in [-0.3, -0.25) is 5.32 Å². The highest BCUT2D eigenvalue weighted by atomic mass is 32.1. The van der Waals surface area contributed by atoms with Crippen LogP contribution in [0.1, 0.15) is 10.7 Å². The zero-order valence-corrected chi connectivity index (χ0v) is 10.8. The quantitative estimate of drug-likeness (QED) is 0.637. The molecule has 0 aromatic carbocycles. The van der Waals surface area contributed by atoms with E-state index < -0.39 is 0 Å². The molecule has 0 spiro atoms. The molecule has 2 N–H and O–H groups in total. The summed E-state index contributed by atoms with van der Waals surface area (Å²) in [6.07, 6.45) is 2.81. The van der Waals surface area contributed by atoms with Crippen molar-refractivity contribution in [1.29, 1.82) is 5.26 Å². The summed E-state index contributed by atoms with van der Waals surface area (Å²) in [7, 11) is 0. The number of anilines is 2. The average Bonchev–Trinajstić information content (AvgIpc) is 2.82. The maximum absolute atomic E-state index is 8.56. The lowest BCUT2D eigenvalue weighted by Crippen LogP contribution is -2.07. The summed E-state index contributed by atoms with van der Waals surface area (Å²) in [4.78, 5) is 9.70. The third-order valence-electron chi connectivity index (χ3n) is 2.28. The third kappa shape index (κ3) is 3.43. The van der Waals surface area contributed by atoms with Gasteiger partial charge in [0.15, 0.2) is 6.19 Å². The van der Waals surface area contributed by atoms with E-state index in [2.05, 4.69) is 32.0 Å². The maximum Gasteiger partial charge on any atom is 0.182 e. The van der Waals surface area contributed by atoms with E-state index in [0.717, 1.165) is 18.8 Å². The van der Waals surface area contributed by atoms with Crippen LogP contribution in [0.15, 0.2) is 23.6 Å². The number of aromatic nitrogens is 2. The highest BCUT2D eigenvalue weighted by molar-refractivity contribution is 7.09. The molecule has 0 saturated heterocycles. The van der Waals surface area contributed by atoms with Crippen molar-refractivity contribution in [3.63, 3.8) is 0 Å². The molecule has 2 rings (SSSR count). The standard InChI is InChI=1S/C12H13N5S/c1-9-16-11(7-12(17-9)15-8-13)14-5-4-10-3-2-6-18-10/h2-3,6-7H,4-5H2,1H3,(H2,14,15,16,17). The van der Waals surface area contributed by atoms with Crippen molar-refractivity contribution >= 4 is 23.0 Å². The molecule has 0 amide bonds. The zero-order valence-electron chi connectivity index (χ0n) is 9.97. The first kappa shape index (κ1) is 12.3. The SMILES string of the molecule is Cc1nc(NC#N)cc(NCCc2cccs2)n1. The van der Waals surface area contributed by atoms with Gasteiger partial charge in [-0.15, -0.1) is 11.3 Å². The molecule has 0 saturated carbocycles. The summed E-state index contributed by atoms with van der Waals surface area (Å²) in [6.45, 7) is 2.61. The predicted molar refractivity (Wildman–Crippen MR) is 72.5 cm³/mol. The van der Waals surface area contributed by atoms with Gasteiger partial charge in [0.1, 0.15) is 17.5 Å². The Hall–Kier alpha value is -2.13. The minimum Gasteiger partial charge on any atom is -0.370 e. The summed E-state index contributed by atoms with van der Waals surface area (Å²) < 4.78 is 0. The van der Waals surface area contributed by atoms with E-state index >= 15 is 0 Å². The van der Waals surface area contributed by atoms with Gasteiger partial charge >= 0.3 is 0 Å². The molecule has 2 aromatic rings. The van der Waals surface area contributed by atoms with Gasteiger partial charge in [-0.2, -0.15) is 5.26 Å². The largest absolute Gasteiger partial charge is 0.370 e. The molecule has 0 atom stereocenters. The molecule has 18 heavy (non-hydrogen) atoms. The topological polar surface area (TPSA) is 73.6 Å². The first-order chi connectivity index (χ1) is 8.78. The Morgan fingerprint density at radius 2 is 2.22 bits per heavy atom. The Kier molecular flexibility index (Phi) is 4.10. The van der Waals surface area contributed by atoms with Gasteiger partial charge in [0.25, 0.3) is 0 Å². The van der Waals surface area contributed by atoms with Crippen molar-refractivity contribution in [1.82, 2.24) is 9.97 Å². The van der Waals surface area contributed by atoms with E-state index in [4.69, 9.17) is 5.26 Å². The number of rotatable bonds is 5. The first-order valence-electron chi connectivity index (χ1n) is 5.55. The highest BCUT2D eigenvalue weighted by Crippen LogP contribution is 2.12. The molecule has 0 bridgehead atoms. The van der Waals surface area contributed by atoms with E-state index in [1.54, 1.807) is 24.3 Å². The fourth-order valence-electron chi connectivity index (χ4n) is 1.55. The minimum absolute atomic E-state index is 0.517. The van der Waals surface area contributed by atoms with Crippen molar-refractivity contribution < 1.29 is 0 Å². The molecule has 0 aliphatic rings. The molecule has 0 unspecified atom stereocenters. The van der Waals surface area contributed by atoms with E-state index in [-0.39, 0.29) is 0 Å². The summed E-state index contributed by atoms with van der Waals surface area (Å²) >= 11 is 1.74. The van der Waals surface area contributed by atoms with E-state index in [1.165, 1.54) is 4.88 Å². The molecular formula is C12H13N5S. The Morgan fingerprint density at radius 1 is 1.39 bits per heavy atom. The smallest absolute Gasteiger partial charge is 0.182 e. The zero-order chi connectivity index (χ0) is 12.8. The van der Waals surface area contributed by atoms with Gasteiger partial charge in [-0.25, -0.2) is 9.97 Å². The lowest BCUT2D eigenvalue weighted by atomic mass is 10.3. The van der Waals surface area contributed by atoms with Crippen LogP contribution in [-0.2, 0) is 6.42 Å². The van der Waals surface area contributed by atoms with Crippen LogP contribution in [0.3, 0.4) is 0 Å². The summed E-state index contributed by atoms with van der Waals surface area (Å²) in [5.74, 6) is 1.88. The van der Waals surface area contributed by atoms with Crippen LogP contribution in [0.5, 0.6) is 0 Å². The molecule has 5 nitrogen and oxygen atoms in total. The number of hydrogen-bond acceptors (Lipinski definition) is 6. The van der Waals surface area contributed by atoms with Gasteiger partial charge in [-0.1, -0.05) is 6.07 Å². The number of nitrogens with one attached hydrogen (secondary N) is 2. The lowest BCUT2D eigenvalue weighted by molar-refractivity contribution is 0.995. The van der Waals surface area contributed by atoms with Gasteiger partial charge < -0.3 is 5.32 Å². The van der Waals surface area contributed by atoms with Crippen molar-refractivity contribution in [3.8, 4) is 6.19 Å². The second-order valence-corrected chi connectivity index (χ2v) is 4.71. The Bertz CT molecular complexity index is 544. The van der Waals surface area contributed by atoms with Gasteiger partial charge in [0, 0.05) is 17.5 Å². The minimum atomic E-state index is 0.517. The van der Waals surface area contributed by atoms with Crippen LogP contribution < -0.4 is 10.6 Å². The monoisotopic (exact) mass is 259 g/mol. The van der Waals surface area contributed by atoms with Crippen molar-refractivity contribution in [2.75, 3.05) is 17.2 Å². The average molecular weight is 259 g/mol. The van der Waals surface area contributed by atoms with Crippen LogP contribution in [0.2, 0.25) is 0 Å². The number of thiophene rings is 1. The first-order valence-corrected chi connectivity index (χ1v) is 6.43. The number of aryl methyl sites for hydroxylation is 1. The lowest BCUT2D eigenvalue weighted by Gasteiger charge is -2.06. The molecule has 0 aliphatic heterocycles. The van der Waals surface area contributed by atoms with Crippen LogP contribution in [0, 0.1) is 18.4 Å². The fourth-order valence-corrected chi connectivity index (χ4v) is 2.26. The number of nitrogens with zero attached hydrogens (tertiary/aromatic N) is 3. The van der Waals surface area contributed by atoms with Crippen LogP contribution in [0.25, 0.3) is 0 Å². The van der Waals surface area contributed by atoms with Crippen molar-refractivity contribution in [2.24, 2.45) is 0 Å². The molecular weight excluding hydrogens is 246 g/mol. The molecule has 2 aromatic heterocycles. The molecule has 0 radical (unpaired) electrons. The van der Waals surface area contributed by atoms with E-state index in [0.29, 0.717) is 11.6 Å². The van der Waals surface area contributed by atoms with Gasteiger partial charge in [-0.05, 0) is 24.8 Å².